The summed E-state index contributed by atoms with van der Waals surface area (Å²) in [5, 5.41) is 8.75. The smallest absolute Gasteiger partial charge is 0.340 e. The van der Waals surface area contributed by atoms with E-state index in [0.717, 1.165) is 0 Å². The Hall–Kier alpha value is -2.83. The van der Waals surface area contributed by atoms with E-state index < -0.39 is 11.9 Å². The normalized spacial score (nSPS) is 10.1. The summed E-state index contributed by atoms with van der Waals surface area (Å²) in [4.78, 5) is 23.8. The lowest BCUT2D eigenvalue weighted by Crippen LogP contribution is -2.16. The van der Waals surface area contributed by atoms with Crippen LogP contribution in [0.4, 0.5) is 11.5 Å². The zero-order valence-corrected chi connectivity index (χ0v) is 10.8. The summed E-state index contributed by atoms with van der Waals surface area (Å²) in [7, 11) is 0. The largest absolute Gasteiger partial charge is 0.462 e. The molecule has 0 unspecified atom stereocenters. The van der Waals surface area contributed by atoms with Gasteiger partial charge in [-0.25, -0.2) is 4.79 Å². The van der Waals surface area contributed by atoms with Gasteiger partial charge in [-0.1, -0.05) is 12.1 Å². The first-order chi connectivity index (χ1) is 9.63. The van der Waals surface area contributed by atoms with Crippen molar-refractivity contribution >= 4 is 23.4 Å². The molecular weight excluding hydrogens is 260 g/mol. The van der Waals surface area contributed by atoms with Gasteiger partial charge in [0.15, 0.2) is 0 Å². The minimum absolute atomic E-state index is 0.163. The third-order valence-corrected chi connectivity index (χ3v) is 2.58. The van der Waals surface area contributed by atoms with Crippen LogP contribution in [0, 0.1) is 0 Å². The summed E-state index contributed by atoms with van der Waals surface area (Å²) in [5.41, 5.74) is 6.42. The molecule has 0 atom stereocenters. The standard InChI is InChI=1S/C13H14N4O3/c1-2-20-13(19)8-5-3-4-6-10(8)16-12(18)9-7-15-17-11(9)14/h3-7H,2H2,1H3,(H,16,18)(H3,14,15,17). The molecule has 7 heteroatoms. The predicted molar refractivity (Wildman–Crippen MR) is 73.4 cm³/mol. The molecule has 0 saturated carbocycles. The molecule has 20 heavy (non-hydrogen) atoms. The number of rotatable bonds is 4. The van der Waals surface area contributed by atoms with E-state index >= 15 is 0 Å². The van der Waals surface area contributed by atoms with Crippen LogP contribution in [0.3, 0.4) is 0 Å². The molecule has 2 aromatic rings. The third-order valence-electron chi connectivity index (χ3n) is 2.58. The van der Waals surface area contributed by atoms with Gasteiger partial charge in [0, 0.05) is 0 Å². The van der Waals surface area contributed by atoms with Crippen LogP contribution < -0.4 is 11.1 Å². The fraction of sp³-hybridized carbons (Fsp3) is 0.154. The van der Waals surface area contributed by atoms with Crippen molar-refractivity contribution in [2.24, 2.45) is 0 Å². The van der Waals surface area contributed by atoms with Crippen LogP contribution in [0.15, 0.2) is 30.5 Å². The number of benzene rings is 1. The van der Waals surface area contributed by atoms with Crippen LogP contribution in [-0.2, 0) is 4.74 Å². The van der Waals surface area contributed by atoms with Crippen LogP contribution in [0.5, 0.6) is 0 Å². The molecule has 0 aliphatic heterocycles. The first kappa shape index (κ1) is 13.6. The van der Waals surface area contributed by atoms with Crippen LogP contribution in [0.2, 0.25) is 0 Å². The lowest BCUT2D eigenvalue weighted by molar-refractivity contribution is 0.0527. The molecule has 0 radical (unpaired) electrons. The molecule has 1 aromatic heterocycles. The highest BCUT2D eigenvalue weighted by Crippen LogP contribution is 2.18. The molecule has 2 rings (SSSR count). The Morgan fingerprint density at radius 2 is 2.10 bits per heavy atom. The van der Waals surface area contributed by atoms with Crippen LogP contribution in [0.25, 0.3) is 0 Å². The van der Waals surface area contributed by atoms with E-state index in [1.807, 2.05) is 0 Å². The van der Waals surface area contributed by atoms with Crippen molar-refractivity contribution in [3.63, 3.8) is 0 Å². The minimum atomic E-state index is -0.497. The third kappa shape index (κ3) is 2.77. The maximum Gasteiger partial charge on any atom is 0.340 e. The zero-order chi connectivity index (χ0) is 14.5. The summed E-state index contributed by atoms with van der Waals surface area (Å²) in [5.74, 6) is -0.785. The first-order valence-corrected chi connectivity index (χ1v) is 5.99. The molecule has 1 aromatic carbocycles. The Morgan fingerprint density at radius 1 is 1.35 bits per heavy atom. The Kier molecular flexibility index (Phi) is 3.99. The Bertz CT molecular complexity index is 636. The number of H-pyrrole nitrogens is 1. The van der Waals surface area contributed by atoms with Crippen molar-refractivity contribution in [1.82, 2.24) is 10.2 Å². The van der Waals surface area contributed by atoms with E-state index in [1.54, 1.807) is 31.2 Å². The summed E-state index contributed by atoms with van der Waals surface area (Å²) >= 11 is 0. The predicted octanol–water partition coefficient (Wildman–Crippen LogP) is 1.42. The van der Waals surface area contributed by atoms with E-state index in [1.165, 1.54) is 6.20 Å². The molecular formula is C13H14N4O3. The number of anilines is 2. The number of nitrogens with one attached hydrogen (secondary N) is 2. The van der Waals surface area contributed by atoms with Gasteiger partial charge in [-0.3, -0.25) is 9.89 Å². The topological polar surface area (TPSA) is 110 Å². The van der Waals surface area contributed by atoms with Gasteiger partial charge in [-0.15, -0.1) is 0 Å². The van der Waals surface area contributed by atoms with Gasteiger partial charge in [0.05, 0.1) is 24.1 Å². The van der Waals surface area contributed by atoms with Crippen LogP contribution >= 0.6 is 0 Å². The van der Waals surface area contributed by atoms with Crippen molar-refractivity contribution in [3.8, 4) is 0 Å². The molecule has 0 saturated heterocycles. The van der Waals surface area contributed by atoms with Crippen molar-refractivity contribution in [3.05, 3.63) is 41.6 Å². The summed E-state index contributed by atoms with van der Waals surface area (Å²) < 4.78 is 4.93. The monoisotopic (exact) mass is 274 g/mol. The highest BCUT2D eigenvalue weighted by molar-refractivity contribution is 6.09. The van der Waals surface area contributed by atoms with Crippen molar-refractivity contribution in [2.75, 3.05) is 17.7 Å². The SMILES string of the molecule is CCOC(=O)c1ccccc1NC(=O)c1cn[nH]c1N. The zero-order valence-electron chi connectivity index (χ0n) is 10.8. The number of amides is 1. The second-order valence-electron chi connectivity index (χ2n) is 3.92. The van der Waals surface area contributed by atoms with Crippen molar-refractivity contribution in [1.29, 1.82) is 0 Å². The Labute approximate surface area is 115 Å². The lowest BCUT2D eigenvalue weighted by Gasteiger charge is -2.09. The average molecular weight is 274 g/mol. The van der Waals surface area contributed by atoms with Gasteiger partial charge in [-0.2, -0.15) is 5.10 Å². The maximum atomic E-state index is 12.0. The fourth-order valence-electron chi connectivity index (χ4n) is 1.65. The molecule has 0 fully saturated rings. The average Bonchev–Trinajstić information content (AvgIpc) is 2.86. The van der Waals surface area contributed by atoms with Crippen molar-refractivity contribution < 1.29 is 14.3 Å². The number of esters is 1. The minimum Gasteiger partial charge on any atom is -0.462 e. The van der Waals surface area contributed by atoms with Gasteiger partial charge in [0.2, 0.25) is 0 Å². The number of aromatic nitrogens is 2. The fourth-order valence-corrected chi connectivity index (χ4v) is 1.65. The van der Waals surface area contributed by atoms with Gasteiger partial charge < -0.3 is 15.8 Å². The van der Waals surface area contributed by atoms with E-state index in [4.69, 9.17) is 10.5 Å². The molecule has 4 N–H and O–H groups in total. The number of nitrogens with zero attached hydrogens (tertiary/aromatic N) is 1. The molecule has 7 nitrogen and oxygen atoms in total. The summed E-state index contributed by atoms with van der Waals surface area (Å²) in [6, 6.07) is 6.58. The van der Waals surface area contributed by atoms with Crippen molar-refractivity contribution in [2.45, 2.75) is 6.92 Å². The number of para-hydroxylation sites is 1. The number of carbonyl (C=O) groups is 2. The van der Waals surface area contributed by atoms with E-state index in [9.17, 15) is 9.59 Å². The van der Waals surface area contributed by atoms with E-state index in [2.05, 4.69) is 15.5 Å². The number of carbonyl (C=O) groups excluding carboxylic acids is 2. The highest BCUT2D eigenvalue weighted by Gasteiger charge is 2.16. The second kappa shape index (κ2) is 5.87. The molecule has 1 amide bonds. The molecule has 0 aliphatic rings. The van der Waals surface area contributed by atoms with E-state index in [-0.39, 0.29) is 23.6 Å². The lowest BCUT2D eigenvalue weighted by atomic mass is 10.1. The number of hydrogen-bond acceptors (Lipinski definition) is 5. The van der Waals surface area contributed by atoms with Gasteiger partial charge in [0.1, 0.15) is 11.4 Å². The number of aromatic amines is 1. The second-order valence-corrected chi connectivity index (χ2v) is 3.92. The molecule has 0 aliphatic carbocycles. The van der Waals surface area contributed by atoms with Gasteiger partial charge in [-0.05, 0) is 19.1 Å². The quantitative estimate of drug-likeness (QED) is 0.730. The molecule has 0 bridgehead atoms. The summed E-state index contributed by atoms with van der Waals surface area (Å²) in [6.07, 6.45) is 1.32. The maximum absolute atomic E-state index is 12.0. The molecule has 0 spiro atoms. The Balaban J connectivity index is 2.24. The summed E-state index contributed by atoms with van der Waals surface area (Å²) in [6.45, 7) is 1.97. The molecule has 1 heterocycles. The number of hydrogen-bond donors (Lipinski definition) is 3. The number of nitrogen functional groups attached to an aromatic ring is 1. The first-order valence-electron chi connectivity index (χ1n) is 5.99. The van der Waals surface area contributed by atoms with Gasteiger partial charge in [0.25, 0.3) is 5.91 Å². The molecule has 104 valence electrons. The van der Waals surface area contributed by atoms with Crippen LogP contribution in [0.1, 0.15) is 27.6 Å². The van der Waals surface area contributed by atoms with Gasteiger partial charge >= 0.3 is 5.97 Å². The number of ether oxygens (including phenoxy) is 1. The van der Waals surface area contributed by atoms with E-state index in [0.29, 0.717) is 5.69 Å². The highest BCUT2D eigenvalue weighted by atomic mass is 16.5. The Morgan fingerprint density at radius 3 is 2.75 bits per heavy atom. The number of nitrogens with two attached hydrogens (primary N) is 1. The van der Waals surface area contributed by atoms with Crippen LogP contribution in [-0.4, -0.2) is 28.7 Å².